The Morgan fingerprint density at radius 3 is 2.55 bits per heavy atom. The van der Waals surface area contributed by atoms with E-state index >= 15 is 0 Å². The van der Waals surface area contributed by atoms with Crippen LogP contribution in [0.5, 0.6) is 0 Å². The van der Waals surface area contributed by atoms with Crippen LogP contribution >= 0.6 is 11.3 Å². The Bertz CT molecular complexity index is 1150. The van der Waals surface area contributed by atoms with E-state index in [0.29, 0.717) is 0 Å². The van der Waals surface area contributed by atoms with E-state index in [1.807, 2.05) is 13.8 Å². The zero-order valence-electron chi connectivity index (χ0n) is 17.0. The monoisotopic (exact) mass is 451 g/mol. The van der Waals surface area contributed by atoms with Crippen LogP contribution in [0.4, 0.5) is 18.3 Å². The van der Waals surface area contributed by atoms with E-state index in [2.05, 4.69) is 20.6 Å². The Morgan fingerprint density at radius 1 is 1.19 bits per heavy atom. The number of nitrogens with zero attached hydrogens (tertiary/aromatic N) is 4. The molecule has 164 valence electrons. The third-order valence-corrected chi connectivity index (χ3v) is 5.74. The van der Waals surface area contributed by atoms with E-state index in [-0.39, 0.29) is 22.4 Å². The molecule has 0 aliphatic rings. The van der Waals surface area contributed by atoms with Crippen LogP contribution in [-0.2, 0) is 6.18 Å². The van der Waals surface area contributed by atoms with Crippen molar-refractivity contribution in [3.8, 4) is 5.69 Å². The number of anilines is 1. The van der Waals surface area contributed by atoms with Crippen molar-refractivity contribution in [1.29, 1.82) is 0 Å². The third-order valence-electron chi connectivity index (χ3n) is 4.74. The summed E-state index contributed by atoms with van der Waals surface area (Å²) in [6, 6.07) is 5.63. The van der Waals surface area contributed by atoms with E-state index in [1.165, 1.54) is 30.4 Å². The first-order valence-corrected chi connectivity index (χ1v) is 10.4. The van der Waals surface area contributed by atoms with Crippen LogP contribution in [0.2, 0.25) is 0 Å². The number of hydrogen-bond donors (Lipinski definition) is 1. The first-order chi connectivity index (χ1) is 14.6. The standard InChI is InChI=1S/C20H20F3N5O2S/c1-4-12(5-2)18-25-26-19(31-18)24-17(30)16-15(29)9-11(3)28(27-16)14-8-6-7-13(10-14)20(21,22)23/h6-10,12H,4-5H2,1-3H3,(H,24,26,30). The van der Waals surface area contributed by atoms with Crippen LogP contribution in [0.1, 0.15) is 59.4 Å². The summed E-state index contributed by atoms with van der Waals surface area (Å²) in [6.07, 6.45) is -2.78. The number of rotatable bonds is 6. The van der Waals surface area contributed by atoms with Crippen molar-refractivity contribution in [2.45, 2.75) is 45.7 Å². The van der Waals surface area contributed by atoms with Gasteiger partial charge in [-0.3, -0.25) is 14.9 Å². The van der Waals surface area contributed by atoms with E-state index in [4.69, 9.17) is 0 Å². The second-order valence-electron chi connectivity index (χ2n) is 6.87. The van der Waals surface area contributed by atoms with Crippen LogP contribution in [0.25, 0.3) is 5.69 Å². The maximum absolute atomic E-state index is 13.1. The lowest BCUT2D eigenvalue weighted by atomic mass is 10.1. The van der Waals surface area contributed by atoms with Gasteiger partial charge in [-0.25, -0.2) is 4.68 Å². The van der Waals surface area contributed by atoms with E-state index in [9.17, 15) is 22.8 Å². The molecular weight excluding hydrogens is 431 g/mol. The van der Waals surface area contributed by atoms with Gasteiger partial charge in [0.15, 0.2) is 5.69 Å². The number of benzene rings is 1. The van der Waals surface area contributed by atoms with Gasteiger partial charge in [-0.05, 0) is 38.0 Å². The highest BCUT2D eigenvalue weighted by Crippen LogP contribution is 2.30. The van der Waals surface area contributed by atoms with Gasteiger partial charge in [0.1, 0.15) is 5.01 Å². The van der Waals surface area contributed by atoms with Crippen molar-refractivity contribution < 1.29 is 18.0 Å². The summed E-state index contributed by atoms with van der Waals surface area (Å²) in [5, 5.41) is 15.5. The number of halogens is 3. The SMILES string of the molecule is CCC(CC)c1nnc(NC(=O)c2nn(-c3cccc(C(F)(F)F)c3)c(C)cc2=O)s1. The molecule has 0 unspecified atom stereocenters. The molecule has 0 atom stereocenters. The van der Waals surface area contributed by atoms with Crippen molar-refractivity contribution in [2.24, 2.45) is 0 Å². The Hall–Kier alpha value is -3.08. The smallest absolute Gasteiger partial charge is 0.295 e. The summed E-state index contributed by atoms with van der Waals surface area (Å²) in [5.41, 5.74) is -1.61. The quantitative estimate of drug-likeness (QED) is 0.593. The van der Waals surface area contributed by atoms with Crippen molar-refractivity contribution >= 4 is 22.4 Å². The molecule has 2 heterocycles. The molecule has 1 aromatic carbocycles. The Morgan fingerprint density at radius 2 is 1.90 bits per heavy atom. The van der Waals surface area contributed by atoms with Crippen LogP contribution in [0, 0.1) is 6.92 Å². The summed E-state index contributed by atoms with van der Waals surface area (Å²) in [7, 11) is 0. The number of aromatic nitrogens is 4. The van der Waals surface area contributed by atoms with Gasteiger partial charge in [-0.2, -0.15) is 18.3 Å². The first kappa shape index (κ1) is 22.6. The topological polar surface area (TPSA) is 89.8 Å². The molecule has 0 bridgehead atoms. The molecular formula is C20H20F3N5O2S. The van der Waals surface area contributed by atoms with Crippen LogP contribution in [0.15, 0.2) is 35.1 Å². The summed E-state index contributed by atoms with van der Waals surface area (Å²) >= 11 is 1.21. The molecule has 31 heavy (non-hydrogen) atoms. The number of carbonyl (C=O) groups excluding carboxylic acids is 1. The lowest BCUT2D eigenvalue weighted by Crippen LogP contribution is -2.27. The van der Waals surface area contributed by atoms with Crippen molar-refractivity contribution in [3.05, 3.63) is 62.5 Å². The summed E-state index contributed by atoms with van der Waals surface area (Å²) in [6.45, 7) is 5.57. The second kappa shape index (κ2) is 8.96. The van der Waals surface area contributed by atoms with Gasteiger partial charge >= 0.3 is 6.18 Å². The summed E-state index contributed by atoms with van der Waals surface area (Å²) in [5.74, 6) is -0.586. The Kier molecular flexibility index (Phi) is 6.54. The predicted molar refractivity (Wildman–Crippen MR) is 111 cm³/mol. The fourth-order valence-electron chi connectivity index (χ4n) is 3.02. The maximum atomic E-state index is 13.1. The maximum Gasteiger partial charge on any atom is 0.416 e. The fraction of sp³-hybridized carbons (Fsp3) is 0.350. The van der Waals surface area contributed by atoms with Gasteiger partial charge in [0, 0.05) is 17.7 Å². The molecule has 7 nitrogen and oxygen atoms in total. The molecule has 1 N–H and O–H groups in total. The van der Waals surface area contributed by atoms with Gasteiger partial charge in [0.05, 0.1) is 11.3 Å². The number of hydrogen-bond acceptors (Lipinski definition) is 6. The molecule has 11 heteroatoms. The lowest BCUT2D eigenvalue weighted by molar-refractivity contribution is -0.137. The molecule has 3 aromatic rings. The van der Waals surface area contributed by atoms with Crippen LogP contribution in [0.3, 0.4) is 0 Å². The highest BCUT2D eigenvalue weighted by Gasteiger charge is 2.30. The minimum Gasteiger partial charge on any atom is -0.295 e. The van der Waals surface area contributed by atoms with Gasteiger partial charge in [0.2, 0.25) is 10.6 Å². The number of aryl methyl sites for hydroxylation is 1. The minimum atomic E-state index is -4.53. The number of alkyl halides is 3. The first-order valence-electron chi connectivity index (χ1n) is 9.57. The molecule has 0 aliphatic heterocycles. The third kappa shape index (κ3) is 4.98. The van der Waals surface area contributed by atoms with Gasteiger partial charge in [-0.15, -0.1) is 10.2 Å². The van der Waals surface area contributed by atoms with E-state index in [0.717, 1.165) is 40.7 Å². The molecule has 0 aliphatic carbocycles. The normalized spacial score (nSPS) is 11.7. The molecule has 2 aromatic heterocycles. The van der Waals surface area contributed by atoms with Gasteiger partial charge in [-0.1, -0.05) is 31.3 Å². The average Bonchev–Trinajstić information content (AvgIpc) is 3.16. The highest BCUT2D eigenvalue weighted by atomic mass is 32.1. The zero-order chi connectivity index (χ0) is 22.8. The second-order valence-corrected chi connectivity index (χ2v) is 7.88. The molecule has 1 amide bonds. The minimum absolute atomic E-state index is 0.0771. The molecule has 0 saturated heterocycles. The predicted octanol–water partition coefficient (Wildman–Crippen LogP) is 4.57. The lowest BCUT2D eigenvalue weighted by Gasteiger charge is -2.13. The van der Waals surface area contributed by atoms with Gasteiger partial charge in [0.25, 0.3) is 5.91 Å². The zero-order valence-corrected chi connectivity index (χ0v) is 17.8. The molecule has 3 rings (SSSR count). The van der Waals surface area contributed by atoms with Gasteiger partial charge < -0.3 is 0 Å². The number of amides is 1. The molecule has 0 spiro atoms. The largest absolute Gasteiger partial charge is 0.416 e. The van der Waals surface area contributed by atoms with Crippen molar-refractivity contribution in [3.63, 3.8) is 0 Å². The molecule has 0 radical (unpaired) electrons. The van der Waals surface area contributed by atoms with Crippen LogP contribution < -0.4 is 10.7 Å². The summed E-state index contributed by atoms with van der Waals surface area (Å²) in [4.78, 5) is 25.0. The van der Waals surface area contributed by atoms with Crippen molar-refractivity contribution in [1.82, 2.24) is 20.0 Å². The highest BCUT2D eigenvalue weighted by molar-refractivity contribution is 7.15. The van der Waals surface area contributed by atoms with Crippen LogP contribution in [-0.4, -0.2) is 25.9 Å². The summed E-state index contributed by atoms with van der Waals surface area (Å²) < 4.78 is 40.3. The fourth-order valence-corrected chi connectivity index (χ4v) is 4.03. The Labute approximate surface area is 180 Å². The molecule has 0 saturated carbocycles. The average molecular weight is 451 g/mol. The Balaban J connectivity index is 1.93. The van der Waals surface area contributed by atoms with E-state index < -0.39 is 28.8 Å². The number of nitrogens with one attached hydrogen (secondary N) is 1. The number of carbonyl (C=O) groups is 1. The molecule has 0 fully saturated rings. The van der Waals surface area contributed by atoms with Crippen molar-refractivity contribution in [2.75, 3.05) is 5.32 Å². The van der Waals surface area contributed by atoms with E-state index in [1.54, 1.807) is 0 Å².